The van der Waals surface area contributed by atoms with Crippen molar-refractivity contribution in [1.29, 1.82) is 0 Å². The molecule has 4 nitrogen and oxygen atoms in total. The second-order valence-electron chi connectivity index (χ2n) is 6.23. The second kappa shape index (κ2) is 5.88. The highest BCUT2D eigenvalue weighted by Crippen LogP contribution is 2.17. The molecule has 1 aromatic heterocycles. The number of hydrogen-bond acceptors (Lipinski definition) is 4. The van der Waals surface area contributed by atoms with Crippen molar-refractivity contribution in [2.45, 2.75) is 32.9 Å². The maximum absolute atomic E-state index is 4.26. The minimum Gasteiger partial charge on any atom is -0.373 e. The van der Waals surface area contributed by atoms with Crippen LogP contribution in [0.5, 0.6) is 0 Å². The van der Waals surface area contributed by atoms with Crippen molar-refractivity contribution in [3.63, 3.8) is 0 Å². The topological polar surface area (TPSA) is 31.4 Å². The third-order valence-electron chi connectivity index (χ3n) is 3.81. The Morgan fingerprint density at radius 3 is 2.47 bits per heavy atom. The standard InChI is InChI=1S/C15H26N4/c1-15(2,3)19-9-7-18(8-10-19)12-13-5-6-17-14(11-13)16-4/h5-6,11H,7-10,12H2,1-4H3,(H,16,17). The summed E-state index contributed by atoms with van der Waals surface area (Å²) in [5.74, 6) is 0.950. The molecule has 0 amide bonds. The number of nitrogens with one attached hydrogen (secondary N) is 1. The van der Waals surface area contributed by atoms with Gasteiger partial charge < -0.3 is 5.32 Å². The number of aromatic nitrogens is 1. The van der Waals surface area contributed by atoms with Crippen LogP contribution in [0.3, 0.4) is 0 Å². The molecule has 0 spiro atoms. The highest BCUT2D eigenvalue weighted by molar-refractivity contribution is 5.36. The molecule has 1 aliphatic heterocycles. The van der Waals surface area contributed by atoms with Crippen molar-refractivity contribution in [3.05, 3.63) is 23.9 Å². The van der Waals surface area contributed by atoms with E-state index in [9.17, 15) is 0 Å². The van der Waals surface area contributed by atoms with Gasteiger partial charge in [0.25, 0.3) is 0 Å². The molecule has 0 aromatic carbocycles. The van der Waals surface area contributed by atoms with Crippen molar-refractivity contribution in [2.24, 2.45) is 0 Å². The second-order valence-corrected chi connectivity index (χ2v) is 6.23. The molecule has 1 saturated heterocycles. The van der Waals surface area contributed by atoms with Crippen LogP contribution in [0.15, 0.2) is 18.3 Å². The Hall–Kier alpha value is -1.13. The summed E-state index contributed by atoms with van der Waals surface area (Å²) in [5, 5.41) is 3.09. The normalized spacial score (nSPS) is 18.5. The van der Waals surface area contributed by atoms with Crippen molar-refractivity contribution >= 4 is 5.82 Å². The predicted octanol–water partition coefficient (Wildman–Crippen LogP) is 2.04. The van der Waals surface area contributed by atoms with Gasteiger partial charge in [0.05, 0.1) is 0 Å². The monoisotopic (exact) mass is 262 g/mol. The average Bonchev–Trinajstić information content (AvgIpc) is 2.38. The van der Waals surface area contributed by atoms with E-state index in [1.165, 1.54) is 5.56 Å². The zero-order valence-electron chi connectivity index (χ0n) is 12.6. The van der Waals surface area contributed by atoms with E-state index < -0.39 is 0 Å². The molecule has 0 aliphatic carbocycles. The third-order valence-corrected chi connectivity index (χ3v) is 3.81. The minimum atomic E-state index is 0.294. The van der Waals surface area contributed by atoms with Gasteiger partial charge in [-0.05, 0) is 38.5 Å². The van der Waals surface area contributed by atoms with E-state index in [2.05, 4.69) is 53.0 Å². The first-order valence-corrected chi connectivity index (χ1v) is 7.09. The van der Waals surface area contributed by atoms with Crippen LogP contribution in [0.25, 0.3) is 0 Å². The average molecular weight is 262 g/mol. The smallest absolute Gasteiger partial charge is 0.125 e. The Morgan fingerprint density at radius 1 is 1.21 bits per heavy atom. The lowest BCUT2D eigenvalue weighted by Crippen LogP contribution is -2.53. The van der Waals surface area contributed by atoms with Gasteiger partial charge in [-0.3, -0.25) is 9.80 Å². The Kier molecular flexibility index (Phi) is 4.42. The summed E-state index contributed by atoms with van der Waals surface area (Å²) in [7, 11) is 1.91. The number of piperazine rings is 1. The molecule has 0 radical (unpaired) electrons. The lowest BCUT2D eigenvalue weighted by atomic mass is 10.0. The highest BCUT2D eigenvalue weighted by Gasteiger charge is 2.25. The summed E-state index contributed by atoms with van der Waals surface area (Å²) in [5.41, 5.74) is 1.63. The van der Waals surface area contributed by atoms with Gasteiger partial charge in [-0.1, -0.05) is 0 Å². The molecule has 1 aromatic rings. The molecular weight excluding hydrogens is 236 g/mol. The molecule has 0 unspecified atom stereocenters. The first-order chi connectivity index (χ1) is 8.99. The van der Waals surface area contributed by atoms with Crippen molar-refractivity contribution in [3.8, 4) is 0 Å². The summed E-state index contributed by atoms with van der Waals surface area (Å²) in [6, 6.07) is 4.24. The maximum Gasteiger partial charge on any atom is 0.125 e. The van der Waals surface area contributed by atoms with Crippen LogP contribution in [-0.2, 0) is 6.54 Å². The van der Waals surface area contributed by atoms with E-state index in [0.29, 0.717) is 5.54 Å². The fourth-order valence-electron chi connectivity index (χ4n) is 2.54. The molecule has 19 heavy (non-hydrogen) atoms. The Balaban J connectivity index is 1.88. The number of hydrogen-bond donors (Lipinski definition) is 1. The summed E-state index contributed by atoms with van der Waals surface area (Å²) >= 11 is 0. The zero-order chi connectivity index (χ0) is 13.9. The SMILES string of the molecule is CNc1cc(CN2CCN(C(C)(C)C)CC2)ccn1. The first-order valence-electron chi connectivity index (χ1n) is 7.09. The van der Waals surface area contributed by atoms with Gasteiger partial charge in [-0.2, -0.15) is 0 Å². The molecule has 1 N–H and O–H groups in total. The molecule has 0 atom stereocenters. The Labute approximate surface area is 116 Å². The number of rotatable bonds is 3. The van der Waals surface area contributed by atoms with Gasteiger partial charge in [-0.25, -0.2) is 4.98 Å². The van der Waals surface area contributed by atoms with Crippen LogP contribution in [0.2, 0.25) is 0 Å². The summed E-state index contributed by atoms with van der Waals surface area (Å²) in [4.78, 5) is 9.35. The molecule has 2 heterocycles. The van der Waals surface area contributed by atoms with Gasteiger partial charge in [0.1, 0.15) is 5.82 Å². The Morgan fingerprint density at radius 2 is 1.89 bits per heavy atom. The first kappa shape index (κ1) is 14.3. The van der Waals surface area contributed by atoms with Gasteiger partial charge in [0.2, 0.25) is 0 Å². The lowest BCUT2D eigenvalue weighted by molar-refractivity contribution is 0.0591. The zero-order valence-corrected chi connectivity index (χ0v) is 12.6. The summed E-state index contributed by atoms with van der Waals surface area (Å²) in [6.45, 7) is 12.5. The number of nitrogens with zero attached hydrogens (tertiary/aromatic N) is 3. The number of pyridine rings is 1. The van der Waals surface area contributed by atoms with Crippen molar-refractivity contribution in [1.82, 2.24) is 14.8 Å². The van der Waals surface area contributed by atoms with Crippen LogP contribution in [0.4, 0.5) is 5.82 Å². The fraction of sp³-hybridized carbons (Fsp3) is 0.667. The van der Waals surface area contributed by atoms with Crippen LogP contribution in [-0.4, -0.2) is 53.5 Å². The summed E-state index contributed by atoms with van der Waals surface area (Å²) < 4.78 is 0. The molecule has 2 rings (SSSR count). The fourth-order valence-corrected chi connectivity index (χ4v) is 2.54. The van der Waals surface area contributed by atoms with Crippen molar-refractivity contribution in [2.75, 3.05) is 38.5 Å². The predicted molar refractivity (Wildman–Crippen MR) is 80.4 cm³/mol. The molecular formula is C15H26N4. The van der Waals surface area contributed by atoms with E-state index in [-0.39, 0.29) is 0 Å². The van der Waals surface area contributed by atoms with E-state index in [0.717, 1.165) is 38.5 Å². The van der Waals surface area contributed by atoms with E-state index in [1.807, 2.05) is 13.2 Å². The van der Waals surface area contributed by atoms with Crippen LogP contribution in [0.1, 0.15) is 26.3 Å². The van der Waals surface area contributed by atoms with Crippen LogP contribution in [0, 0.1) is 0 Å². The van der Waals surface area contributed by atoms with Crippen LogP contribution < -0.4 is 5.32 Å². The van der Waals surface area contributed by atoms with E-state index in [1.54, 1.807) is 0 Å². The maximum atomic E-state index is 4.26. The molecule has 106 valence electrons. The van der Waals surface area contributed by atoms with Gasteiger partial charge in [0, 0.05) is 51.5 Å². The minimum absolute atomic E-state index is 0.294. The van der Waals surface area contributed by atoms with Gasteiger partial charge >= 0.3 is 0 Å². The lowest BCUT2D eigenvalue weighted by Gasteiger charge is -2.42. The quantitative estimate of drug-likeness (QED) is 0.903. The third kappa shape index (κ3) is 3.91. The summed E-state index contributed by atoms with van der Waals surface area (Å²) in [6.07, 6.45) is 1.88. The Bertz CT molecular complexity index is 403. The number of anilines is 1. The molecule has 1 fully saturated rings. The molecule has 0 saturated carbocycles. The van der Waals surface area contributed by atoms with E-state index >= 15 is 0 Å². The van der Waals surface area contributed by atoms with Crippen molar-refractivity contribution < 1.29 is 0 Å². The highest BCUT2D eigenvalue weighted by atomic mass is 15.3. The van der Waals surface area contributed by atoms with Gasteiger partial charge in [-0.15, -0.1) is 0 Å². The van der Waals surface area contributed by atoms with E-state index in [4.69, 9.17) is 0 Å². The largest absolute Gasteiger partial charge is 0.373 e. The van der Waals surface area contributed by atoms with Gasteiger partial charge in [0.15, 0.2) is 0 Å². The molecule has 1 aliphatic rings. The van der Waals surface area contributed by atoms with Crippen LogP contribution >= 0.6 is 0 Å². The molecule has 0 bridgehead atoms. The molecule has 4 heteroatoms.